The quantitative estimate of drug-likeness (QED) is 0.711. The molecule has 1 aromatic rings. The van der Waals surface area contributed by atoms with E-state index in [2.05, 4.69) is 20.8 Å². The van der Waals surface area contributed by atoms with Gasteiger partial charge in [0.2, 0.25) is 11.8 Å². The van der Waals surface area contributed by atoms with Crippen molar-refractivity contribution in [2.75, 3.05) is 26.2 Å². The maximum Gasteiger partial charge on any atom is 0.246 e. The number of rotatable bonds is 6. The van der Waals surface area contributed by atoms with E-state index >= 15 is 0 Å². The highest BCUT2D eigenvalue weighted by Gasteiger charge is 2.14. The normalized spacial score (nSPS) is 16.7. The average molecular weight is 254 g/mol. The fourth-order valence-corrected chi connectivity index (χ4v) is 1.82. The van der Waals surface area contributed by atoms with Gasteiger partial charge in [0.25, 0.3) is 0 Å². The zero-order valence-corrected chi connectivity index (χ0v) is 10.2. The predicted molar refractivity (Wildman–Crippen MR) is 62.9 cm³/mol. The fraction of sp³-hybridized carbons (Fsp3) is 0.727. The fourth-order valence-electron chi connectivity index (χ4n) is 1.82. The van der Waals surface area contributed by atoms with Crippen molar-refractivity contribution in [1.29, 1.82) is 0 Å². The molecule has 1 amide bonds. The summed E-state index contributed by atoms with van der Waals surface area (Å²) in [6, 6.07) is 0. The first kappa shape index (κ1) is 13.0. The van der Waals surface area contributed by atoms with E-state index in [9.17, 15) is 4.79 Å². The molecule has 1 fully saturated rings. The number of carbonyl (C=O) groups is 1. The highest BCUT2D eigenvalue weighted by molar-refractivity contribution is 5.77. The Morgan fingerprint density at radius 1 is 1.56 bits per heavy atom. The molecule has 1 saturated heterocycles. The third-order valence-electron chi connectivity index (χ3n) is 2.80. The maximum atomic E-state index is 11.5. The molecule has 18 heavy (non-hydrogen) atoms. The van der Waals surface area contributed by atoms with Crippen LogP contribution in [0.1, 0.15) is 18.7 Å². The number of nitrogens with one attached hydrogen (secondary N) is 2. The highest BCUT2D eigenvalue weighted by atomic mass is 16.5. The van der Waals surface area contributed by atoms with Crippen molar-refractivity contribution < 1.29 is 14.1 Å². The maximum absolute atomic E-state index is 11.5. The summed E-state index contributed by atoms with van der Waals surface area (Å²) in [7, 11) is 0. The molecular weight excluding hydrogens is 236 g/mol. The van der Waals surface area contributed by atoms with Crippen LogP contribution in [-0.4, -0.2) is 48.4 Å². The average Bonchev–Trinajstić information content (AvgIpc) is 2.91. The molecule has 7 nitrogen and oxygen atoms in total. The van der Waals surface area contributed by atoms with E-state index in [0.717, 1.165) is 25.9 Å². The van der Waals surface area contributed by atoms with Gasteiger partial charge >= 0.3 is 0 Å². The molecule has 0 spiro atoms. The van der Waals surface area contributed by atoms with Crippen LogP contribution in [0.3, 0.4) is 0 Å². The van der Waals surface area contributed by atoms with Gasteiger partial charge < -0.3 is 19.9 Å². The van der Waals surface area contributed by atoms with Crippen LogP contribution in [0.25, 0.3) is 0 Å². The molecule has 0 atom stereocenters. The van der Waals surface area contributed by atoms with Gasteiger partial charge in [-0.2, -0.15) is 4.98 Å². The van der Waals surface area contributed by atoms with Gasteiger partial charge in [-0.15, -0.1) is 0 Å². The molecule has 0 aromatic carbocycles. The Morgan fingerprint density at radius 2 is 2.39 bits per heavy atom. The van der Waals surface area contributed by atoms with Gasteiger partial charge in [-0.1, -0.05) is 5.16 Å². The van der Waals surface area contributed by atoms with E-state index in [1.807, 2.05) is 0 Å². The third kappa shape index (κ3) is 4.42. The Bertz CT molecular complexity index is 349. The van der Waals surface area contributed by atoms with Crippen molar-refractivity contribution in [3.63, 3.8) is 0 Å². The lowest BCUT2D eigenvalue weighted by Gasteiger charge is -2.22. The zero-order valence-electron chi connectivity index (χ0n) is 10.2. The monoisotopic (exact) mass is 254 g/mol. The first-order valence-electron chi connectivity index (χ1n) is 6.19. The van der Waals surface area contributed by atoms with Crippen LogP contribution in [-0.2, 0) is 16.0 Å². The van der Waals surface area contributed by atoms with Crippen LogP contribution in [0.4, 0.5) is 0 Å². The number of piperidine rings is 1. The van der Waals surface area contributed by atoms with Gasteiger partial charge in [-0.3, -0.25) is 4.79 Å². The van der Waals surface area contributed by atoms with Crippen molar-refractivity contribution in [2.24, 2.45) is 0 Å². The largest absolute Gasteiger partial charge is 0.368 e. The lowest BCUT2D eigenvalue weighted by molar-refractivity contribution is -0.128. The predicted octanol–water partition coefficient (Wildman–Crippen LogP) is -0.503. The second kappa shape index (κ2) is 7.07. The van der Waals surface area contributed by atoms with Gasteiger partial charge in [0.15, 0.2) is 6.33 Å². The summed E-state index contributed by atoms with van der Waals surface area (Å²) in [6.45, 7) is 2.53. The van der Waals surface area contributed by atoms with Crippen LogP contribution in [0.15, 0.2) is 10.9 Å². The van der Waals surface area contributed by atoms with Crippen molar-refractivity contribution >= 4 is 5.91 Å². The van der Waals surface area contributed by atoms with E-state index in [4.69, 9.17) is 9.26 Å². The van der Waals surface area contributed by atoms with E-state index in [-0.39, 0.29) is 18.6 Å². The second-order valence-electron chi connectivity index (χ2n) is 4.20. The summed E-state index contributed by atoms with van der Waals surface area (Å²) in [5.74, 6) is 0.419. The van der Waals surface area contributed by atoms with Gasteiger partial charge in [-0.25, -0.2) is 0 Å². The Balaban J connectivity index is 1.54. The summed E-state index contributed by atoms with van der Waals surface area (Å²) in [5, 5.41) is 9.49. The summed E-state index contributed by atoms with van der Waals surface area (Å²) in [6.07, 6.45) is 4.02. The van der Waals surface area contributed by atoms with Gasteiger partial charge in [0.05, 0.1) is 6.10 Å². The molecule has 7 heteroatoms. The molecule has 0 unspecified atom stereocenters. The minimum Gasteiger partial charge on any atom is -0.368 e. The van der Waals surface area contributed by atoms with Crippen LogP contribution < -0.4 is 10.6 Å². The summed E-state index contributed by atoms with van der Waals surface area (Å²) < 4.78 is 10.3. The number of carbonyl (C=O) groups excluding carboxylic acids is 1. The highest BCUT2D eigenvalue weighted by Crippen LogP contribution is 2.06. The molecule has 2 N–H and O–H groups in total. The molecule has 2 rings (SSSR count). The minimum atomic E-state index is -0.104. The molecule has 1 aliphatic rings. The zero-order chi connectivity index (χ0) is 12.6. The molecule has 2 heterocycles. The number of hydrogen-bond donors (Lipinski definition) is 2. The lowest BCUT2D eigenvalue weighted by Crippen LogP contribution is -2.36. The third-order valence-corrected chi connectivity index (χ3v) is 2.80. The minimum absolute atomic E-state index is 0.104. The smallest absolute Gasteiger partial charge is 0.246 e. The molecule has 1 aliphatic heterocycles. The first-order chi connectivity index (χ1) is 8.84. The number of amides is 1. The van der Waals surface area contributed by atoms with Crippen molar-refractivity contribution in [1.82, 2.24) is 20.8 Å². The molecule has 0 radical (unpaired) electrons. The molecule has 100 valence electrons. The molecule has 0 bridgehead atoms. The van der Waals surface area contributed by atoms with Crippen LogP contribution >= 0.6 is 0 Å². The second-order valence-corrected chi connectivity index (χ2v) is 4.20. The standard InChI is InChI=1S/C11H18N4O3/c16-10(7-17-9-1-4-12-5-2-9)13-6-3-11-14-8-15-18-11/h8-9,12H,1-7H2,(H,13,16). The number of ether oxygens (including phenoxy) is 1. The Hall–Kier alpha value is -1.47. The Kier molecular flexibility index (Phi) is 5.10. The molecular formula is C11H18N4O3. The van der Waals surface area contributed by atoms with Crippen molar-refractivity contribution in [3.05, 3.63) is 12.2 Å². The number of aromatic nitrogens is 2. The Morgan fingerprint density at radius 3 is 3.11 bits per heavy atom. The van der Waals surface area contributed by atoms with Crippen LogP contribution in [0.5, 0.6) is 0 Å². The summed E-state index contributed by atoms with van der Waals surface area (Å²) >= 11 is 0. The van der Waals surface area contributed by atoms with Crippen LogP contribution in [0, 0.1) is 0 Å². The summed E-state index contributed by atoms with van der Waals surface area (Å²) in [4.78, 5) is 15.4. The molecule has 0 aliphatic carbocycles. The van der Waals surface area contributed by atoms with E-state index in [0.29, 0.717) is 18.9 Å². The molecule has 0 saturated carbocycles. The SMILES string of the molecule is O=C(COC1CCNCC1)NCCc1ncno1. The Labute approximate surface area is 105 Å². The van der Waals surface area contributed by atoms with Gasteiger partial charge in [-0.05, 0) is 25.9 Å². The van der Waals surface area contributed by atoms with Gasteiger partial charge in [0.1, 0.15) is 6.61 Å². The molecule has 1 aromatic heterocycles. The summed E-state index contributed by atoms with van der Waals surface area (Å²) in [5.41, 5.74) is 0. The van der Waals surface area contributed by atoms with Crippen molar-refractivity contribution in [3.8, 4) is 0 Å². The number of nitrogens with zero attached hydrogens (tertiary/aromatic N) is 2. The number of hydrogen-bond acceptors (Lipinski definition) is 6. The van der Waals surface area contributed by atoms with Crippen molar-refractivity contribution in [2.45, 2.75) is 25.4 Å². The topological polar surface area (TPSA) is 89.3 Å². The van der Waals surface area contributed by atoms with E-state index < -0.39 is 0 Å². The van der Waals surface area contributed by atoms with E-state index in [1.165, 1.54) is 6.33 Å². The van der Waals surface area contributed by atoms with E-state index in [1.54, 1.807) is 0 Å². The van der Waals surface area contributed by atoms with Crippen LogP contribution in [0.2, 0.25) is 0 Å². The van der Waals surface area contributed by atoms with Gasteiger partial charge in [0, 0.05) is 13.0 Å². The first-order valence-corrected chi connectivity index (χ1v) is 6.19. The lowest BCUT2D eigenvalue weighted by atomic mass is 10.1.